The van der Waals surface area contributed by atoms with Crippen molar-refractivity contribution in [1.29, 1.82) is 0 Å². The molecule has 0 saturated carbocycles. The molecule has 1 N–H and O–H groups in total. The third-order valence-corrected chi connectivity index (χ3v) is 5.36. The van der Waals surface area contributed by atoms with Crippen LogP contribution in [0.1, 0.15) is 16.1 Å². The Bertz CT molecular complexity index is 1350. The van der Waals surface area contributed by atoms with Gasteiger partial charge in [0.25, 0.3) is 11.8 Å². The fraction of sp³-hybridized carbons (Fsp3) is 0.0435. The van der Waals surface area contributed by atoms with E-state index < -0.39 is 23.6 Å². The van der Waals surface area contributed by atoms with Crippen molar-refractivity contribution >= 4 is 58.5 Å². The molecule has 0 spiro atoms. The average Bonchev–Trinajstić information content (AvgIpc) is 3.26. The number of para-hydroxylation sites is 1. The van der Waals surface area contributed by atoms with Gasteiger partial charge in [-0.05, 0) is 54.7 Å². The third kappa shape index (κ3) is 4.28. The lowest BCUT2D eigenvalue weighted by Crippen LogP contribution is -2.54. The van der Waals surface area contributed by atoms with Crippen LogP contribution in [-0.4, -0.2) is 30.0 Å². The van der Waals surface area contributed by atoms with Crippen LogP contribution in [0.2, 0.25) is 5.02 Å². The van der Waals surface area contributed by atoms with E-state index in [1.54, 1.807) is 24.3 Å². The zero-order chi connectivity index (χ0) is 23.7. The quantitative estimate of drug-likeness (QED) is 0.256. The van der Waals surface area contributed by atoms with Crippen LogP contribution in [0.15, 0.2) is 64.6 Å². The monoisotopic (exact) mass is 484 g/mol. The number of thiocarbonyl (C=S) groups is 1. The number of anilines is 1. The van der Waals surface area contributed by atoms with Gasteiger partial charge >= 0.3 is 5.97 Å². The molecular weight excluding hydrogens is 471 g/mol. The first-order chi connectivity index (χ1) is 15.8. The summed E-state index contributed by atoms with van der Waals surface area (Å²) in [6, 6.07) is 13.4. The Labute approximate surface area is 197 Å². The van der Waals surface area contributed by atoms with Gasteiger partial charge in [0.05, 0.1) is 23.4 Å². The van der Waals surface area contributed by atoms with Crippen molar-refractivity contribution in [1.82, 2.24) is 5.32 Å². The lowest BCUT2D eigenvalue weighted by Gasteiger charge is -2.28. The van der Waals surface area contributed by atoms with Gasteiger partial charge in [0.1, 0.15) is 22.9 Å². The summed E-state index contributed by atoms with van der Waals surface area (Å²) < 4.78 is 24.7. The van der Waals surface area contributed by atoms with Crippen molar-refractivity contribution in [2.24, 2.45) is 0 Å². The van der Waals surface area contributed by atoms with E-state index in [4.69, 9.17) is 28.2 Å². The van der Waals surface area contributed by atoms with Crippen LogP contribution >= 0.6 is 23.8 Å². The summed E-state index contributed by atoms with van der Waals surface area (Å²) >= 11 is 11.2. The van der Waals surface area contributed by atoms with Crippen molar-refractivity contribution in [3.8, 4) is 11.3 Å². The van der Waals surface area contributed by atoms with Gasteiger partial charge in [-0.2, -0.15) is 0 Å². The number of hydrogen-bond acceptors (Lipinski definition) is 6. The van der Waals surface area contributed by atoms with Crippen molar-refractivity contribution in [3.63, 3.8) is 0 Å². The zero-order valence-corrected chi connectivity index (χ0v) is 18.5. The molecular formula is C23H14ClFN2O5S. The van der Waals surface area contributed by atoms with Crippen molar-refractivity contribution in [2.75, 3.05) is 12.0 Å². The maximum absolute atomic E-state index is 14.3. The van der Waals surface area contributed by atoms with E-state index in [0.29, 0.717) is 11.3 Å². The van der Waals surface area contributed by atoms with Gasteiger partial charge in [-0.3, -0.25) is 14.9 Å². The predicted molar refractivity (Wildman–Crippen MR) is 123 cm³/mol. The Hall–Kier alpha value is -3.82. The van der Waals surface area contributed by atoms with Crippen LogP contribution in [0.25, 0.3) is 17.4 Å². The van der Waals surface area contributed by atoms with Gasteiger partial charge in [0.15, 0.2) is 5.11 Å². The highest BCUT2D eigenvalue weighted by molar-refractivity contribution is 7.80. The van der Waals surface area contributed by atoms with E-state index in [1.165, 1.54) is 43.5 Å². The molecule has 0 radical (unpaired) electrons. The molecule has 0 aliphatic carbocycles. The van der Waals surface area contributed by atoms with Crippen molar-refractivity contribution in [2.45, 2.75) is 0 Å². The van der Waals surface area contributed by atoms with E-state index in [0.717, 1.165) is 4.90 Å². The molecule has 1 saturated heterocycles. The lowest BCUT2D eigenvalue weighted by atomic mass is 10.1. The minimum Gasteiger partial charge on any atom is -0.465 e. The minimum atomic E-state index is -0.794. The molecule has 1 fully saturated rings. The van der Waals surface area contributed by atoms with Gasteiger partial charge in [-0.25, -0.2) is 14.1 Å². The largest absolute Gasteiger partial charge is 0.465 e. The molecule has 33 heavy (non-hydrogen) atoms. The molecule has 2 aromatic carbocycles. The highest BCUT2D eigenvalue weighted by Gasteiger charge is 2.35. The Kier molecular flexibility index (Phi) is 6.08. The first-order valence-corrected chi connectivity index (χ1v) is 10.2. The number of amides is 2. The average molecular weight is 485 g/mol. The number of ether oxygens (including phenoxy) is 1. The molecule has 0 bridgehead atoms. The van der Waals surface area contributed by atoms with Crippen molar-refractivity contribution in [3.05, 3.63) is 82.3 Å². The number of benzene rings is 2. The number of methoxy groups -OCH3 is 1. The van der Waals surface area contributed by atoms with E-state index in [9.17, 15) is 18.8 Å². The molecule has 2 amide bonds. The maximum Gasteiger partial charge on any atom is 0.339 e. The summed E-state index contributed by atoms with van der Waals surface area (Å²) in [6.07, 6.45) is 1.24. The summed E-state index contributed by atoms with van der Waals surface area (Å²) in [4.78, 5) is 38.0. The number of nitrogens with one attached hydrogen (secondary N) is 1. The SMILES string of the molecule is COC(=O)c1ccc(-c2ccc(/C=C3\C(=O)NC(=S)N(c4ccccc4F)C3=O)o2)cc1Cl. The molecule has 3 aromatic rings. The normalized spacial score (nSPS) is 15.1. The standard InChI is InChI=1S/C23H14ClFN2O5S/c1-31-22(30)14-8-6-12(10-16(14)24)19-9-7-13(32-19)11-15-20(28)26-23(33)27(21(15)29)18-5-3-2-4-17(18)25/h2-11H,1H3,(H,26,28,33)/b15-11+. The maximum atomic E-state index is 14.3. The number of nitrogens with zero attached hydrogens (tertiary/aromatic N) is 1. The second-order valence-corrected chi connectivity index (χ2v) is 7.59. The zero-order valence-electron chi connectivity index (χ0n) is 16.9. The number of halogens is 2. The summed E-state index contributed by atoms with van der Waals surface area (Å²) in [5.74, 6) is -2.20. The van der Waals surface area contributed by atoms with E-state index >= 15 is 0 Å². The highest BCUT2D eigenvalue weighted by Crippen LogP contribution is 2.29. The van der Waals surface area contributed by atoms with Crippen LogP contribution in [0.3, 0.4) is 0 Å². The molecule has 2 heterocycles. The number of carbonyl (C=O) groups is 3. The molecule has 10 heteroatoms. The van der Waals surface area contributed by atoms with E-state index in [-0.39, 0.29) is 32.7 Å². The molecule has 0 atom stereocenters. The predicted octanol–water partition coefficient (Wildman–Crippen LogP) is 4.36. The van der Waals surface area contributed by atoms with Gasteiger partial charge in [-0.15, -0.1) is 0 Å². The Balaban J connectivity index is 1.66. The Morgan fingerprint density at radius 2 is 1.94 bits per heavy atom. The van der Waals surface area contributed by atoms with Crippen molar-refractivity contribution < 1.29 is 27.9 Å². The van der Waals surface area contributed by atoms with E-state index in [1.807, 2.05) is 0 Å². The van der Waals surface area contributed by atoms with Crippen LogP contribution in [0.4, 0.5) is 10.1 Å². The minimum absolute atomic E-state index is 0.0844. The molecule has 7 nitrogen and oxygen atoms in total. The summed E-state index contributed by atoms with van der Waals surface area (Å²) in [5.41, 5.74) is 0.391. The van der Waals surface area contributed by atoms with Gasteiger partial charge < -0.3 is 9.15 Å². The Morgan fingerprint density at radius 1 is 1.18 bits per heavy atom. The summed E-state index contributed by atoms with van der Waals surface area (Å²) in [7, 11) is 1.25. The van der Waals surface area contributed by atoms with Crippen LogP contribution in [0.5, 0.6) is 0 Å². The number of esters is 1. The van der Waals surface area contributed by atoms with Gasteiger partial charge in [0.2, 0.25) is 0 Å². The van der Waals surface area contributed by atoms with Crippen LogP contribution < -0.4 is 10.2 Å². The van der Waals surface area contributed by atoms with E-state index in [2.05, 4.69) is 10.1 Å². The number of furan rings is 1. The molecule has 1 aliphatic heterocycles. The smallest absolute Gasteiger partial charge is 0.339 e. The fourth-order valence-electron chi connectivity index (χ4n) is 3.18. The summed E-state index contributed by atoms with van der Waals surface area (Å²) in [6.45, 7) is 0. The molecule has 4 rings (SSSR count). The number of rotatable bonds is 4. The molecule has 1 aromatic heterocycles. The third-order valence-electron chi connectivity index (χ3n) is 4.77. The first kappa shape index (κ1) is 22.4. The Morgan fingerprint density at radius 3 is 2.64 bits per heavy atom. The van der Waals surface area contributed by atoms with Crippen LogP contribution in [0, 0.1) is 5.82 Å². The van der Waals surface area contributed by atoms with Crippen LogP contribution in [-0.2, 0) is 14.3 Å². The number of hydrogen-bond donors (Lipinski definition) is 1. The molecule has 0 unspecified atom stereocenters. The summed E-state index contributed by atoms with van der Waals surface area (Å²) in [5, 5.41) is 2.33. The first-order valence-electron chi connectivity index (χ1n) is 9.44. The van der Waals surface area contributed by atoms with Gasteiger partial charge in [-0.1, -0.05) is 29.8 Å². The molecule has 1 aliphatic rings. The fourth-order valence-corrected chi connectivity index (χ4v) is 3.71. The second-order valence-electron chi connectivity index (χ2n) is 6.80. The topological polar surface area (TPSA) is 88.9 Å². The number of carbonyl (C=O) groups excluding carboxylic acids is 3. The second kappa shape index (κ2) is 8.97. The molecule has 166 valence electrons. The highest BCUT2D eigenvalue weighted by atomic mass is 35.5. The lowest BCUT2D eigenvalue weighted by molar-refractivity contribution is -0.122. The van der Waals surface area contributed by atoms with Gasteiger partial charge in [0, 0.05) is 5.56 Å².